The minimum Gasteiger partial charge on any atom is -0.452 e. The minimum absolute atomic E-state index is 0.159. The number of esters is 1. The molecule has 2 aromatic heterocycles. The summed E-state index contributed by atoms with van der Waals surface area (Å²) in [5, 5.41) is 9.35. The van der Waals surface area contributed by atoms with Crippen LogP contribution in [0, 0.1) is 20.8 Å². The van der Waals surface area contributed by atoms with Gasteiger partial charge in [-0.3, -0.25) is 10.1 Å². The van der Waals surface area contributed by atoms with E-state index in [-0.39, 0.29) is 10.7 Å². The van der Waals surface area contributed by atoms with Crippen molar-refractivity contribution in [3.8, 4) is 0 Å². The Labute approximate surface area is 171 Å². The topological polar surface area (TPSA) is 86.1 Å². The molecule has 9 heteroatoms. The zero-order valence-corrected chi connectivity index (χ0v) is 17.2. The summed E-state index contributed by atoms with van der Waals surface area (Å²) in [6.07, 6.45) is 0. The quantitative estimate of drug-likeness (QED) is 0.616. The summed E-state index contributed by atoms with van der Waals surface area (Å²) >= 11 is 7.64. The molecule has 0 spiro atoms. The van der Waals surface area contributed by atoms with Crippen molar-refractivity contribution < 1.29 is 14.3 Å². The molecule has 0 aliphatic rings. The number of anilines is 1. The Morgan fingerprint density at radius 2 is 1.93 bits per heavy atom. The van der Waals surface area contributed by atoms with Gasteiger partial charge >= 0.3 is 5.97 Å². The molecule has 0 fully saturated rings. The van der Waals surface area contributed by atoms with E-state index in [2.05, 4.69) is 15.4 Å². The van der Waals surface area contributed by atoms with Crippen molar-refractivity contribution >= 4 is 39.9 Å². The Hall–Kier alpha value is -2.71. The standard InChI is InChI=1S/C19H19ClN4O3S/c1-11-4-6-14(7-5-11)8-24-17(20)16(13(3)23-24)18(26)27-9-15(25)22-19-21-12(2)10-28-19/h4-7,10H,8-9H2,1-3H3,(H,21,22,25). The third kappa shape index (κ3) is 4.76. The first-order chi connectivity index (χ1) is 13.3. The highest BCUT2D eigenvalue weighted by Gasteiger charge is 2.22. The second-order valence-electron chi connectivity index (χ2n) is 6.31. The summed E-state index contributed by atoms with van der Waals surface area (Å²) in [4.78, 5) is 28.5. The fourth-order valence-electron chi connectivity index (χ4n) is 2.53. The van der Waals surface area contributed by atoms with Crippen LogP contribution in [0.4, 0.5) is 5.13 Å². The maximum absolute atomic E-state index is 12.4. The highest BCUT2D eigenvalue weighted by atomic mass is 35.5. The maximum atomic E-state index is 12.4. The maximum Gasteiger partial charge on any atom is 0.343 e. The van der Waals surface area contributed by atoms with Gasteiger partial charge in [0.1, 0.15) is 10.7 Å². The monoisotopic (exact) mass is 418 g/mol. The minimum atomic E-state index is -0.692. The van der Waals surface area contributed by atoms with Crippen LogP contribution in [0.1, 0.15) is 32.9 Å². The molecular weight excluding hydrogens is 400 g/mol. The lowest BCUT2D eigenvalue weighted by Gasteiger charge is -2.06. The van der Waals surface area contributed by atoms with E-state index in [1.807, 2.05) is 43.5 Å². The highest BCUT2D eigenvalue weighted by molar-refractivity contribution is 7.13. The van der Waals surface area contributed by atoms with Gasteiger partial charge in [-0.2, -0.15) is 5.10 Å². The van der Waals surface area contributed by atoms with Gasteiger partial charge < -0.3 is 4.74 Å². The molecule has 3 rings (SSSR count). The Morgan fingerprint density at radius 3 is 2.57 bits per heavy atom. The molecule has 28 heavy (non-hydrogen) atoms. The number of halogens is 1. The summed E-state index contributed by atoms with van der Waals surface area (Å²) in [6.45, 7) is 5.50. The van der Waals surface area contributed by atoms with E-state index in [9.17, 15) is 9.59 Å². The van der Waals surface area contributed by atoms with Gasteiger partial charge in [-0.15, -0.1) is 11.3 Å². The predicted octanol–water partition coefficient (Wildman–Crippen LogP) is 3.76. The fraction of sp³-hybridized carbons (Fsp3) is 0.263. The van der Waals surface area contributed by atoms with Gasteiger partial charge in [-0.25, -0.2) is 14.5 Å². The first kappa shape index (κ1) is 20.0. The number of aromatic nitrogens is 3. The van der Waals surface area contributed by atoms with Crippen LogP contribution in [0.3, 0.4) is 0 Å². The number of benzene rings is 1. The number of ether oxygens (including phenoxy) is 1. The Kier molecular flexibility index (Phi) is 6.11. The van der Waals surface area contributed by atoms with E-state index in [1.165, 1.54) is 16.0 Å². The molecule has 0 unspecified atom stereocenters. The number of hydrogen-bond acceptors (Lipinski definition) is 6. The average Bonchev–Trinajstić information content (AvgIpc) is 3.17. The highest BCUT2D eigenvalue weighted by Crippen LogP contribution is 2.22. The second-order valence-corrected chi connectivity index (χ2v) is 7.53. The molecule has 1 aromatic carbocycles. The van der Waals surface area contributed by atoms with Gasteiger partial charge in [-0.1, -0.05) is 41.4 Å². The summed E-state index contributed by atoms with van der Waals surface area (Å²) in [6, 6.07) is 7.95. The van der Waals surface area contributed by atoms with Gasteiger partial charge in [0.15, 0.2) is 11.7 Å². The number of nitrogens with zero attached hydrogens (tertiary/aromatic N) is 3. The van der Waals surface area contributed by atoms with E-state index < -0.39 is 18.5 Å². The summed E-state index contributed by atoms with van der Waals surface area (Å²) in [5.74, 6) is -1.16. The van der Waals surface area contributed by atoms with Gasteiger partial charge in [0.05, 0.1) is 17.9 Å². The van der Waals surface area contributed by atoms with Crippen LogP contribution in [0.25, 0.3) is 0 Å². The SMILES string of the molecule is Cc1ccc(Cn2nc(C)c(C(=O)OCC(=O)Nc3nc(C)cs3)c2Cl)cc1. The molecule has 0 aliphatic carbocycles. The van der Waals surface area contributed by atoms with Crippen molar-refractivity contribution in [3.63, 3.8) is 0 Å². The molecule has 0 radical (unpaired) electrons. The molecule has 0 saturated carbocycles. The average molecular weight is 419 g/mol. The number of hydrogen-bond donors (Lipinski definition) is 1. The van der Waals surface area contributed by atoms with Crippen LogP contribution in [0.2, 0.25) is 5.15 Å². The number of amides is 1. The van der Waals surface area contributed by atoms with Crippen molar-refractivity contribution in [2.45, 2.75) is 27.3 Å². The molecule has 0 bridgehead atoms. The molecular formula is C19H19ClN4O3S. The van der Waals surface area contributed by atoms with Gasteiger partial charge in [0, 0.05) is 5.38 Å². The first-order valence-electron chi connectivity index (χ1n) is 8.51. The Balaban J connectivity index is 1.64. The van der Waals surface area contributed by atoms with Crippen molar-refractivity contribution in [2.75, 3.05) is 11.9 Å². The number of rotatable bonds is 6. The molecule has 2 heterocycles. The predicted molar refractivity (Wildman–Crippen MR) is 108 cm³/mol. The normalized spacial score (nSPS) is 10.7. The third-order valence-electron chi connectivity index (χ3n) is 3.92. The van der Waals surface area contributed by atoms with Gasteiger partial charge in [-0.05, 0) is 26.3 Å². The summed E-state index contributed by atoms with van der Waals surface area (Å²) < 4.78 is 6.64. The molecule has 1 N–H and O–H groups in total. The van der Waals surface area contributed by atoms with Gasteiger partial charge in [0.2, 0.25) is 0 Å². The smallest absolute Gasteiger partial charge is 0.343 e. The zero-order valence-electron chi connectivity index (χ0n) is 15.7. The second kappa shape index (κ2) is 8.53. The number of carbonyl (C=O) groups is 2. The van der Waals surface area contributed by atoms with E-state index in [1.54, 1.807) is 6.92 Å². The van der Waals surface area contributed by atoms with E-state index in [0.29, 0.717) is 17.4 Å². The van der Waals surface area contributed by atoms with Crippen LogP contribution in [-0.4, -0.2) is 33.2 Å². The van der Waals surface area contributed by atoms with Crippen molar-refractivity contribution in [1.82, 2.24) is 14.8 Å². The van der Waals surface area contributed by atoms with Crippen LogP contribution >= 0.6 is 22.9 Å². The molecule has 1 amide bonds. The number of carbonyl (C=O) groups excluding carboxylic acids is 2. The molecule has 146 valence electrons. The lowest BCUT2D eigenvalue weighted by atomic mass is 10.1. The molecule has 0 aliphatic heterocycles. The van der Waals surface area contributed by atoms with Crippen LogP contribution in [-0.2, 0) is 16.1 Å². The molecule has 3 aromatic rings. The van der Waals surface area contributed by atoms with Crippen molar-refractivity contribution in [2.24, 2.45) is 0 Å². The van der Waals surface area contributed by atoms with Crippen molar-refractivity contribution in [3.05, 3.63) is 62.9 Å². The number of thiazole rings is 1. The first-order valence-corrected chi connectivity index (χ1v) is 9.77. The van der Waals surface area contributed by atoms with E-state index >= 15 is 0 Å². The third-order valence-corrected chi connectivity index (χ3v) is 5.18. The lowest BCUT2D eigenvalue weighted by Crippen LogP contribution is -2.21. The molecule has 0 atom stereocenters. The Morgan fingerprint density at radius 1 is 1.21 bits per heavy atom. The van der Waals surface area contributed by atoms with Crippen LogP contribution in [0.5, 0.6) is 0 Å². The summed E-state index contributed by atoms with van der Waals surface area (Å²) in [5.41, 5.74) is 3.57. The van der Waals surface area contributed by atoms with Gasteiger partial charge in [0.25, 0.3) is 5.91 Å². The Bertz CT molecular complexity index is 1010. The summed E-state index contributed by atoms with van der Waals surface area (Å²) in [7, 11) is 0. The molecule has 7 nitrogen and oxygen atoms in total. The zero-order chi connectivity index (χ0) is 20.3. The van der Waals surface area contributed by atoms with E-state index in [0.717, 1.165) is 16.8 Å². The molecule has 0 saturated heterocycles. The fourth-order valence-corrected chi connectivity index (χ4v) is 3.54. The van der Waals surface area contributed by atoms with E-state index in [4.69, 9.17) is 16.3 Å². The van der Waals surface area contributed by atoms with Crippen molar-refractivity contribution in [1.29, 1.82) is 0 Å². The largest absolute Gasteiger partial charge is 0.452 e. The van der Waals surface area contributed by atoms with Crippen LogP contribution < -0.4 is 5.32 Å². The number of aryl methyl sites for hydroxylation is 3. The van der Waals surface area contributed by atoms with Crippen LogP contribution in [0.15, 0.2) is 29.6 Å². The number of nitrogens with one attached hydrogen (secondary N) is 1. The lowest BCUT2D eigenvalue weighted by molar-refractivity contribution is -0.119.